The molecule has 19 heavy (non-hydrogen) atoms. The van der Waals surface area contributed by atoms with Crippen molar-refractivity contribution in [2.75, 3.05) is 24.7 Å². The van der Waals surface area contributed by atoms with Crippen molar-refractivity contribution in [3.63, 3.8) is 0 Å². The number of para-hydroxylation sites is 1. The standard InChI is InChI=1S/C13H18O5S/c14-8-10(15)9-19-7-3-6-18-12-5-2-1-4-11(12)13(16)17/h1-2,4-5,10,14-15H,3,6-9H2,(H,16,17). The van der Waals surface area contributed by atoms with E-state index in [0.29, 0.717) is 18.1 Å². The molecule has 0 bridgehead atoms. The average Bonchev–Trinajstić information content (AvgIpc) is 2.42. The van der Waals surface area contributed by atoms with Crippen LogP contribution in [-0.4, -0.2) is 52.1 Å². The van der Waals surface area contributed by atoms with Crippen molar-refractivity contribution in [3.8, 4) is 5.75 Å². The molecule has 1 aromatic rings. The molecule has 0 amide bonds. The Morgan fingerprint density at radius 1 is 1.37 bits per heavy atom. The maximum absolute atomic E-state index is 10.9. The summed E-state index contributed by atoms with van der Waals surface area (Å²) in [5.74, 6) is 0.639. The Bertz CT molecular complexity index is 396. The Balaban J connectivity index is 2.24. The van der Waals surface area contributed by atoms with Crippen LogP contribution in [0.5, 0.6) is 5.75 Å². The third-order valence-corrected chi connectivity index (χ3v) is 3.53. The third-order valence-electron chi connectivity index (χ3n) is 2.33. The van der Waals surface area contributed by atoms with Gasteiger partial charge in [0.2, 0.25) is 0 Å². The van der Waals surface area contributed by atoms with Gasteiger partial charge in [-0.15, -0.1) is 0 Å². The summed E-state index contributed by atoms with van der Waals surface area (Å²) >= 11 is 1.53. The molecule has 0 heterocycles. The lowest BCUT2D eigenvalue weighted by Crippen LogP contribution is -2.15. The fourth-order valence-corrected chi connectivity index (χ4v) is 2.25. The number of aliphatic hydroxyl groups excluding tert-OH is 2. The van der Waals surface area contributed by atoms with Gasteiger partial charge in [0.1, 0.15) is 11.3 Å². The molecule has 5 nitrogen and oxygen atoms in total. The fourth-order valence-electron chi connectivity index (χ4n) is 1.38. The van der Waals surface area contributed by atoms with Crippen molar-refractivity contribution in [1.29, 1.82) is 0 Å². The summed E-state index contributed by atoms with van der Waals surface area (Å²) in [5.41, 5.74) is 0.158. The minimum Gasteiger partial charge on any atom is -0.493 e. The van der Waals surface area contributed by atoms with Crippen molar-refractivity contribution in [3.05, 3.63) is 29.8 Å². The van der Waals surface area contributed by atoms with Gasteiger partial charge in [0.15, 0.2) is 0 Å². The number of ether oxygens (including phenoxy) is 1. The van der Waals surface area contributed by atoms with Crippen LogP contribution in [0.25, 0.3) is 0 Å². The van der Waals surface area contributed by atoms with Crippen LogP contribution in [0.3, 0.4) is 0 Å². The highest BCUT2D eigenvalue weighted by Gasteiger charge is 2.09. The van der Waals surface area contributed by atoms with E-state index in [0.717, 1.165) is 12.2 Å². The van der Waals surface area contributed by atoms with E-state index in [1.54, 1.807) is 18.2 Å². The summed E-state index contributed by atoms with van der Waals surface area (Å²) in [6, 6.07) is 6.52. The lowest BCUT2D eigenvalue weighted by molar-refractivity contribution is 0.0692. The van der Waals surface area contributed by atoms with Crippen molar-refractivity contribution in [2.45, 2.75) is 12.5 Å². The van der Waals surface area contributed by atoms with E-state index < -0.39 is 12.1 Å². The van der Waals surface area contributed by atoms with Gasteiger partial charge >= 0.3 is 5.97 Å². The van der Waals surface area contributed by atoms with Crippen LogP contribution in [0.15, 0.2) is 24.3 Å². The number of carboxylic acids is 1. The van der Waals surface area contributed by atoms with Crippen LogP contribution in [0.2, 0.25) is 0 Å². The molecule has 1 rings (SSSR count). The van der Waals surface area contributed by atoms with Crippen molar-refractivity contribution in [2.24, 2.45) is 0 Å². The molecule has 3 N–H and O–H groups in total. The van der Waals surface area contributed by atoms with Gasteiger partial charge in [-0.25, -0.2) is 4.79 Å². The summed E-state index contributed by atoms with van der Waals surface area (Å²) in [6.07, 6.45) is 0.0650. The molecule has 0 spiro atoms. The van der Waals surface area contributed by atoms with E-state index >= 15 is 0 Å². The molecule has 0 aliphatic carbocycles. The zero-order chi connectivity index (χ0) is 14.1. The third kappa shape index (κ3) is 5.96. The quantitative estimate of drug-likeness (QED) is 0.592. The largest absolute Gasteiger partial charge is 0.493 e. The Morgan fingerprint density at radius 3 is 2.79 bits per heavy atom. The average molecular weight is 286 g/mol. The summed E-state index contributed by atoms with van der Waals surface area (Å²) in [7, 11) is 0. The minimum absolute atomic E-state index is 0.158. The lowest BCUT2D eigenvalue weighted by atomic mass is 10.2. The summed E-state index contributed by atoms with van der Waals surface area (Å²) in [4.78, 5) is 10.9. The normalized spacial score (nSPS) is 12.1. The van der Waals surface area contributed by atoms with Gasteiger partial charge in [0, 0.05) is 5.75 Å². The van der Waals surface area contributed by atoms with Crippen LogP contribution in [0.4, 0.5) is 0 Å². The number of thioether (sulfide) groups is 1. The molecule has 0 fully saturated rings. The Labute approximate surface area is 116 Å². The Morgan fingerprint density at radius 2 is 2.11 bits per heavy atom. The summed E-state index contributed by atoms with van der Waals surface area (Å²) in [6.45, 7) is 0.196. The number of benzene rings is 1. The second-order valence-electron chi connectivity index (χ2n) is 3.91. The number of carboxylic acid groups (broad SMARTS) is 1. The van der Waals surface area contributed by atoms with Crippen molar-refractivity contribution < 1.29 is 24.9 Å². The Hall–Kier alpha value is -1.24. The molecule has 0 aliphatic heterocycles. The molecule has 1 atom stereocenters. The van der Waals surface area contributed by atoms with Crippen molar-refractivity contribution >= 4 is 17.7 Å². The van der Waals surface area contributed by atoms with Crippen LogP contribution >= 0.6 is 11.8 Å². The number of aliphatic hydroxyl groups is 2. The zero-order valence-electron chi connectivity index (χ0n) is 10.5. The summed E-state index contributed by atoms with van der Waals surface area (Å²) in [5, 5.41) is 26.7. The molecular formula is C13H18O5S. The van der Waals surface area contributed by atoms with Gasteiger partial charge in [0.05, 0.1) is 19.3 Å². The second-order valence-corrected chi connectivity index (χ2v) is 5.06. The second kappa shape index (κ2) is 8.79. The fraction of sp³-hybridized carbons (Fsp3) is 0.462. The van der Waals surface area contributed by atoms with Crippen LogP contribution < -0.4 is 4.74 Å². The minimum atomic E-state index is -1.00. The molecule has 0 radical (unpaired) electrons. The first-order chi connectivity index (χ1) is 9.15. The highest BCUT2D eigenvalue weighted by Crippen LogP contribution is 2.18. The lowest BCUT2D eigenvalue weighted by Gasteiger charge is -2.09. The first-order valence-corrected chi connectivity index (χ1v) is 7.12. The van der Waals surface area contributed by atoms with E-state index in [9.17, 15) is 4.79 Å². The zero-order valence-corrected chi connectivity index (χ0v) is 11.3. The molecule has 0 saturated heterocycles. The molecule has 0 aromatic heterocycles. The molecular weight excluding hydrogens is 268 g/mol. The number of aromatic carboxylic acids is 1. The highest BCUT2D eigenvalue weighted by molar-refractivity contribution is 7.99. The molecule has 106 valence electrons. The molecule has 6 heteroatoms. The monoisotopic (exact) mass is 286 g/mol. The first kappa shape index (κ1) is 15.8. The maximum Gasteiger partial charge on any atom is 0.339 e. The molecule has 0 aliphatic rings. The molecule has 0 saturated carbocycles. The van der Waals surface area contributed by atoms with Gasteiger partial charge in [-0.05, 0) is 24.3 Å². The van der Waals surface area contributed by atoms with Crippen LogP contribution in [0.1, 0.15) is 16.8 Å². The van der Waals surface area contributed by atoms with Gasteiger partial charge < -0.3 is 20.1 Å². The SMILES string of the molecule is O=C(O)c1ccccc1OCCCSCC(O)CO. The van der Waals surface area contributed by atoms with E-state index in [-0.39, 0.29) is 12.2 Å². The van der Waals surface area contributed by atoms with Crippen molar-refractivity contribution in [1.82, 2.24) is 0 Å². The number of rotatable bonds is 9. The number of hydrogen-bond acceptors (Lipinski definition) is 5. The van der Waals surface area contributed by atoms with E-state index in [1.807, 2.05) is 0 Å². The van der Waals surface area contributed by atoms with Crippen LogP contribution in [-0.2, 0) is 0 Å². The number of hydrogen-bond donors (Lipinski definition) is 3. The molecule has 1 aromatic carbocycles. The van der Waals surface area contributed by atoms with Gasteiger partial charge in [-0.2, -0.15) is 11.8 Å². The van der Waals surface area contributed by atoms with E-state index in [1.165, 1.54) is 17.8 Å². The van der Waals surface area contributed by atoms with Gasteiger partial charge in [0.25, 0.3) is 0 Å². The maximum atomic E-state index is 10.9. The highest BCUT2D eigenvalue weighted by atomic mass is 32.2. The predicted octanol–water partition coefficient (Wildman–Crippen LogP) is 1.24. The number of carbonyl (C=O) groups is 1. The topological polar surface area (TPSA) is 87.0 Å². The first-order valence-electron chi connectivity index (χ1n) is 5.97. The summed E-state index contributed by atoms with van der Waals surface area (Å²) < 4.78 is 5.43. The Kier molecular flexibility index (Phi) is 7.32. The van der Waals surface area contributed by atoms with Crippen LogP contribution in [0, 0.1) is 0 Å². The van der Waals surface area contributed by atoms with E-state index in [2.05, 4.69) is 0 Å². The van der Waals surface area contributed by atoms with E-state index in [4.69, 9.17) is 20.1 Å². The van der Waals surface area contributed by atoms with Gasteiger partial charge in [-0.3, -0.25) is 0 Å². The van der Waals surface area contributed by atoms with Gasteiger partial charge in [-0.1, -0.05) is 12.1 Å². The molecule has 1 unspecified atom stereocenters. The smallest absolute Gasteiger partial charge is 0.339 e. The predicted molar refractivity (Wildman–Crippen MR) is 73.9 cm³/mol.